The van der Waals surface area contributed by atoms with Gasteiger partial charge in [0.15, 0.2) is 5.60 Å². The molecule has 3 rings (SSSR count). The first-order valence-corrected chi connectivity index (χ1v) is 9.38. The predicted molar refractivity (Wildman–Crippen MR) is 104 cm³/mol. The molecule has 2 aromatic carbocycles. The lowest BCUT2D eigenvalue weighted by molar-refractivity contribution is -0.161. The molecule has 1 N–H and O–H groups in total. The van der Waals surface area contributed by atoms with Crippen molar-refractivity contribution in [3.63, 3.8) is 0 Å². The van der Waals surface area contributed by atoms with E-state index in [1.165, 1.54) is 0 Å². The van der Waals surface area contributed by atoms with Crippen LogP contribution in [0.2, 0.25) is 0 Å². The van der Waals surface area contributed by atoms with Gasteiger partial charge in [0.1, 0.15) is 5.75 Å². The maximum Gasteiger partial charge on any atom is 0.315 e. The highest BCUT2D eigenvalue weighted by molar-refractivity contribution is 5.91. The first-order chi connectivity index (χ1) is 13.5. The van der Waals surface area contributed by atoms with E-state index >= 15 is 0 Å². The fraction of sp³-hybridized carbons (Fsp3) is 0.364. The zero-order chi connectivity index (χ0) is 20.0. The molecule has 1 amide bonds. The molecule has 0 aromatic heterocycles. The molecule has 1 fully saturated rings. The Morgan fingerprint density at radius 3 is 2.39 bits per heavy atom. The minimum atomic E-state index is -2.00. The summed E-state index contributed by atoms with van der Waals surface area (Å²) in [6, 6.07) is 17.0. The lowest BCUT2D eigenvalue weighted by Gasteiger charge is -2.34. The summed E-state index contributed by atoms with van der Waals surface area (Å²) in [5.41, 5.74) is -1.63. The molecule has 1 aliphatic rings. The van der Waals surface area contributed by atoms with Crippen molar-refractivity contribution in [2.45, 2.75) is 30.9 Å². The maximum atomic E-state index is 13.4. The van der Waals surface area contributed by atoms with E-state index in [2.05, 4.69) is 0 Å². The average molecular weight is 383 g/mol. The maximum absolute atomic E-state index is 13.4. The standard InChI is InChI=1S/C22H25NO5/c1-27-16-18-11-8-14-23(18)21(25)22(26,17-9-4-2-5-10-17)15-20(24)28-19-12-6-3-7-13-19/h2-7,9-10,12-13,18,26H,8,11,14-16H2,1H3/t18-,22?/m0/s1. The summed E-state index contributed by atoms with van der Waals surface area (Å²) in [6.45, 7) is 0.917. The van der Waals surface area contributed by atoms with Crippen molar-refractivity contribution in [3.05, 3.63) is 66.2 Å². The van der Waals surface area contributed by atoms with Crippen molar-refractivity contribution in [1.82, 2.24) is 4.90 Å². The van der Waals surface area contributed by atoms with E-state index in [1.54, 1.807) is 66.6 Å². The summed E-state index contributed by atoms with van der Waals surface area (Å²) in [6.07, 6.45) is 1.17. The summed E-state index contributed by atoms with van der Waals surface area (Å²) in [5, 5.41) is 11.4. The van der Waals surface area contributed by atoms with Crippen molar-refractivity contribution < 1.29 is 24.2 Å². The number of hydrogen-bond acceptors (Lipinski definition) is 5. The van der Waals surface area contributed by atoms with Gasteiger partial charge in [-0.15, -0.1) is 0 Å². The number of nitrogens with zero attached hydrogens (tertiary/aromatic N) is 1. The molecule has 148 valence electrons. The molecule has 0 bridgehead atoms. The van der Waals surface area contributed by atoms with Crippen LogP contribution in [-0.2, 0) is 19.9 Å². The Labute approximate surface area is 164 Å². The molecule has 0 radical (unpaired) electrons. The molecule has 0 spiro atoms. The van der Waals surface area contributed by atoms with Crippen LogP contribution in [0.5, 0.6) is 5.75 Å². The van der Waals surface area contributed by atoms with Gasteiger partial charge in [0.2, 0.25) is 0 Å². The molecular weight excluding hydrogens is 358 g/mol. The van der Waals surface area contributed by atoms with Crippen molar-refractivity contribution in [2.75, 3.05) is 20.3 Å². The summed E-state index contributed by atoms with van der Waals surface area (Å²) in [4.78, 5) is 27.5. The number of carbonyl (C=O) groups excluding carboxylic acids is 2. The van der Waals surface area contributed by atoms with E-state index < -0.39 is 23.9 Å². The molecule has 1 heterocycles. The van der Waals surface area contributed by atoms with Crippen LogP contribution in [-0.4, -0.2) is 48.2 Å². The molecular formula is C22H25NO5. The quantitative estimate of drug-likeness (QED) is 0.587. The van der Waals surface area contributed by atoms with Crippen LogP contribution in [0.25, 0.3) is 0 Å². The van der Waals surface area contributed by atoms with Crippen LogP contribution < -0.4 is 4.74 Å². The number of aliphatic hydroxyl groups is 1. The monoisotopic (exact) mass is 383 g/mol. The van der Waals surface area contributed by atoms with Gasteiger partial charge < -0.3 is 19.5 Å². The van der Waals surface area contributed by atoms with E-state index in [-0.39, 0.29) is 6.04 Å². The Morgan fingerprint density at radius 2 is 1.75 bits per heavy atom. The van der Waals surface area contributed by atoms with E-state index in [1.807, 2.05) is 6.07 Å². The second kappa shape index (κ2) is 8.99. The largest absolute Gasteiger partial charge is 0.426 e. The van der Waals surface area contributed by atoms with Gasteiger partial charge in [-0.25, -0.2) is 0 Å². The third kappa shape index (κ3) is 4.40. The topological polar surface area (TPSA) is 76.1 Å². The fourth-order valence-electron chi connectivity index (χ4n) is 3.59. The van der Waals surface area contributed by atoms with Crippen LogP contribution in [0, 0.1) is 0 Å². The molecule has 0 aliphatic carbocycles. The van der Waals surface area contributed by atoms with Gasteiger partial charge in [0.05, 0.1) is 19.1 Å². The Hall–Kier alpha value is -2.70. The predicted octanol–water partition coefficient (Wildman–Crippen LogP) is 2.51. The third-order valence-corrected chi connectivity index (χ3v) is 4.98. The van der Waals surface area contributed by atoms with Gasteiger partial charge in [-0.2, -0.15) is 0 Å². The fourth-order valence-corrected chi connectivity index (χ4v) is 3.59. The summed E-state index contributed by atoms with van der Waals surface area (Å²) < 4.78 is 10.5. The van der Waals surface area contributed by atoms with E-state index in [4.69, 9.17) is 9.47 Å². The molecule has 0 saturated carbocycles. The van der Waals surface area contributed by atoms with Crippen molar-refractivity contribution >= 4 is 11.9 Å². The third-order valence-electron chi connectivity index (χ3n) is 4.98. The highest BCUT2D eigenvalue weighted by Crippen LogP contribution is 2.32. The van der Waals surface area contributed by atoms with Gasteiger partial charge in [0, 0.05) is 13.7 Å². The number of amides is 1. The Morgan fingerprint density at radius 1 is 1.11 bits per heavy atom. The van der Waals surface area contributed by atoms with Crippen molar-refractivity contribution in [3.8, 4) is 5.75 Å². The molecule has 6 nitrogen and oxygen atoms in total. The Kier molecular flexibility index (Phi) is 6.44. The summed E-state index contributed by atoms with van der Waals surface area (Å²) in [7, 11) is 1.58. The van der Waals surface area contributed by atoms with E-state index in [0.717, 1.165) is 12.8 Å². The van der Waals surface area contributed by atoms with Crippen LogP contribution in [0.4, 0.5) is 0 Å². The Balaban J connectivity index is 1.85. The highest BCUT2D eigenvalue weighted by Gasteiger charge is 2.46. The zero-order valence-electron chi connectivity index (χ0n) is 15.9. The number of hydrogen-bond donors (Lipinski definition) is 1. The number of rotatable bonds is 7. The van der Waals surface area contributed by atoms with Gasteiger partial charge in [-0.3, -0.25) is 9.59 Å². The number of methoxy groups -OCH3 is 1. The minimum Gasteiger partial charge on any atom is -0.426 e. The molecule has 1 saturated heterocycles. The number of benzene rings is 2. The smallest absolute Gasteiger partial charge is 0.315 e. The van der Waals surface area contributed by atoms with Crippen molar-refractivity contribution in [1.29, 1.82) is 0 Å². The van der Waals surface area contributed by atoms with Gasteiger partial charge in [-0.05, 0) is 30.5 Å². The normalized spacial score (nSPS) is 18.5. The highest BCUT2D eigenvalue weighted by atomic mass is 16.5. The van der Waals surface area contributed by atoms with E-state index in [0.29, 0.717) is 24.5 Å². The SMILES string of the molecule is COC[C@@H]1CCCN1C(=O)C(O)(CC(=O)Oc1ccccc1)c1ccccc1. The molecule has 6 heteroatoms. The molecule has 2 aromatic rings. The van der Waals surface area contributed by atoms with Crippen molar-refractivity contribution in [2.24, 2.45) is 0 Å². The summed E-state index contributed by atoms with van der Waals surface area (Å²) in [5.74, 6) is -0.801. The molecule has 1 unspecified atom stereocenters. The number of likely N-dealkylation sites (tertiary alicyclic amines) is 1. The van der Waals surface area contributed by atoms with E-state index in [9.17, 15) is 14.7 Å². The minimum absolute atomic E-state index is 0.113. The first kappa shape index (κ1) is 20.0. The Bertz CT molecular complexity index is 795. The average Bonchev–Trinajstić information content (AvgIpc) is 3.17. The molecule has 1 aliphatic heterocycles. The van der Waals surface area contributed by atoms with Crippen LogP contribution in [0.15, 0.2) is 60.7 Å². The first-order valence-electron chi connectivity index (χ1n) is 9.38. The van der Waals surface area contributed by atoms with Crippen LogP contribution in [0.3, 0.4) is 0 Å². The van der Waals surface area contributed by atoms with Gasteiger partial charge >= 0.3 is 5.97 Å². The lowest BCUT2D eigenvalue weighted by Crippen LogP contribution is -2.51. The molecule has 2 atom stereocenters. The number of carbonyl (C=O) groups is 2. The number of ether oxygens (including phenoxy) is 2. The second-order valence-electron chi connectivity index (χ2n) is 6.94. The molecule has 28 heavy (non-hydrogen) atoms. The van der Waals surface area contributed by atoms with Gasteiger partial charge in [-0.1, -0.05) is 48.5 Å². The van der Waals surface area contributed by atoms with Crippen LogP contribution >= 0.6 is 0 Å². The van der Waals surface area contributed by atoms with Gasteiger partial charge in [0.25, 0.3) is 5.91 Å². The number of esters is 1. The van der Waals surface area contributed by atoms with Crippen LogP contribution in [0.1, 0.15) is 24.8 Å². The zero-order valence-corrected chi connectivity index (χ0v) is 15.9. The second-order valence-corrected chi connectivity index (χ2v) is 6.94. The summed E-state index contributed by atoms with van der Waals surface area (Å²) >= 11 is 0. The number of para-hydroxylation sites is 1. The lowest BCUT2D eigenvalue weighted by atomic mass is 9.88.